The number of hydrogen-bond donors (Lipinski definition) is 1. The van der Waals surface area contributed by atoms with Gasteiger partial charge in [0.05, 0.1) is 5.97 Å². The summed E-state index contributed by atoms with van der Waals surface area (Å²) in [6, 6.07) is 0. The van der Waals surface area contributed by atoms with Crippen molar-refractivity contribution in [1.29, 1.82) is 0 Å². The topological polar surface area (TPSA) is 118 Å². The van der Waals surface area contributed by atoms with E-state index >= 15 is 0 Å². The van der Waals surface area contributed by atoms with Crippen LogP contribution in [0.5, 0.6) is 0 Å². The van der Waals surface area contributed by atoms with Gasteiger partial charge in [-0.15, -0.1) is 0 Å². The Balaban J connectivity index is -0.000000324. The normalized spacial score (nSPS) is 10.5. The average Bonchev–Trinajstić information content (AvgIpc) is 3.04. The van der Waals surface area contributed by atoms with Crippen LogP contribution in [0.15, 0.2) is 12.2 Å². The molecule has 0 atom stereocenters. The summed E-state index contributed by atoms with van der Waals surface area (Å²) >= 11 is 1.41. The minimum absolute atomic E-state index is 0. The van der Waals surface area contributed by atoms with Crippen molar-refractivity contribution in [3.8, 4) is 0 Å². The molecule has 274 valence electrons. The molecule has 0 fully saturated rings. The zero-order chi connectivity index (χ0) is 35.5. The second-order valence-corrected chi connectivity index (χ2v) is 14.4. The van der Waals surface area contributed by atoms with Crippen LogP contribution < -0.4 is 10.2 Å². The average molecular weight is 699 g/mol. The van der Waals surface area contributed by atoms with Crippen LogP contribution in [0.2, 0.25) is 3.67 Å². The molecule has 48 heavy (non-hydrogen) atoms. The molecule has 0 bridgehead atoms. The summed E-state index contributed by atoms with van der Waals surface area (Å²) in [5, 5.41) is 27.4. The summed E-state index contributed by atoms with van der Waals surface area (Å²) in [5.74, 6) is -3.71. The van der Waals surface area contributed by atoms with E-state index in [1.54, 1.807) is 0 Å². The molecule has 0 amide bonds. The van der Waals surface area contributed by atoms with Gasteiger partial charge in [0.2, 0.25) is 0 Å². The van der Waals surface area contributed by atoms with Crippen molar-refractivity contribution in [3.63, 3.8) is 0 Å². The van der Waals surface area contributed by atoms with Crippen LogP contribution in [-0.4, -0.2) is 74.0 Å². The molecule has 0 aromatic rings. The van der Waals surface area contributed by atoms with E-state index in [9.17, 15) is 24.6 Å². The summed E-state index contributed by atoms with van der Waals surface area (Å²) in [6.45, 7) is 4.56. The summed E-state index contributed by atoms with van der Waals surface area (Å²) in [6.07, 6.45) is 44.5. The summed E-state index contributed by atoms with van der Waals surface area (Å²) < 4.78 is 1.51. The Hall–Kier alpha value is -0.0838. The number of carbonyl (C=O) groups excluding carboxylic acids is 2. The smallest absolute Gasteiger partial charge is 0.545 e. The van der Waals surface area contributed by atoms with E-state index in [0.717, 1.165) is 12.8 Å². The molecule has 0 aromatic carbocycles. The zero-order valence-corrected chi connectivity index (χ0v) is 35.6. The first-order valence-corrected chi connectivity index (χ1v) is 21.5. The largest absolute Gasteiger partial charge is 2.00 e. The number of aliphatic carboxylic acids is 3. The van der Waals surface area contributed by atoms with E-state index in [0.29, 0.717) is 12.2 Å². The third-order valence-corrected chi connectivity index (χ3v) is 9.26. The molecule has 0 radical (unpaired) electrons. The molecule has 0 spiro atoms. The number of unbranched alkanes of at least 4 members (excludes halogenated alkanes) is 29. The molecule has 6 nitrogen and oxygen atoms in total. The molecule has 1 N–H and O–H groups in total. The first kappa shape index (κ1) is 54.7. The number of hydrogen-bond acceptors (Lipinski definition) is 5. The maximum absolute atomic E-state index is 10.2. The molecule has 8 heteroatoms. The molecule has 0 aromatic heterocycles. The van der Waals surface area contributed by atoms with Crippen LogP contribution in [0.3, 0.4) is 0 Å². The van der Waals surface area contributed by atoms with Crippen molar-refractivity contribution in [1.82, 2.24) is 0 Å². The molecular weight excluding hydrogens is 624 g/mol. The van der Waals surface area contributed by atoms with Gasteiger partial charge in [0.15, 0.2) is 0 Å². The Morgan fingerprint density at radius 1 is 0.458 bits per heavy atom. The van der Waals surface area contributed by atoms with Gasteiger partial charge >= 0.3 is 131 Å². The van der Waals surface area contributed by atoms with Gasteiger partial charge in [-0.1, -0.05) is 136 Å². The van der Waals surface area contributed by atoms with Crippen molar-refractivity contribution in [2.24, 2.45) is 0 Å². The van der Waals surface area contributed by atoms with Gasteiger partial charge in [0, 0.05) is 12.0 Å². The van der Waals surface area contributed by atoms with E-state index in [4.69, 9.17) is 5.11 Å². The van der Waals surface area contributed by atoms with E-state index in [2.05, 4.69) is 13.8 Å². The number of carboxylic acid groups (broad SMARTS) is 3. The van der Waals surface area contributed by atoms with Crippen molar-refractivity contribution < 1.29 is 29.7 Å². The SMILES string of the molecule is CCCCCCCCCCCCCCCCCC(=O)[O-].CCCCCCCCCCCCCCCCC[CH2][Na].O=C([O-])/C=C/C(=O)O.[Mg+2]. The van der Waals surface area contributed by atoms with E-state index in [1.807, 2.05) is 0 Å². The molecule has 0 aliphatic carbocycles. The summed E-state index contributed by atoms with van der Waals surface area (Å²) in [5.41, 5.74) is 0. The maximum Gasteiger partial charge on any atom is 2.00 e. The first-order valence-electron chi connectivity index (χ1n) is 20.1. The molecule has 0 aliphatic heterocycles. The monoisotopic (exact) mass is 699 g/mol. The predicted molar refractivity (Wildman–Crippen MR) is 202 cm³/mol. The van der Waals surface area contributed by atoms with Crippen LogP contribution in [0.25, 0.3) is 0 Å². The Kier molecular flexibility index (Phi) is 58.4. The predicted octanol–water partition coefficient (Wildman–Crippen LogP) is 9.83. The Labute approximate surface area is 331 Å². The fourth-order valence-electron chi connectivity index (χ4n) is 5.58. The van der Waals surface area contributed by atoms with Gasteiger partial charge in [-0.3, -0.25) is 0 Å². The van der Waals surface area contributed by atoms with Gasteiger partial charge in [-0.25, -0.2) is 4.79 Å². The third-order valence-electron chi connectivity index (χ3n) is 8.55. The maximum atomic E-state index is 10.2. The molecule has 0 saturated heterocycles. The van der Waals surface area contributed by atoms with Gasteiger partial charge in [0.1, 0.15) is 0 Å². The van der Waals surface area contributed by atoms with Crippen LogP contribution in [0.4, 0.5) is 0 Å². The fraction of sp³-hybridized carbons (Fsp3) is 0.875. The Morgan fingerprint density at radius 2 is 0.708 bits per heavy atom. The van der Waals surface area contributed by atoms with E-state index in [-0.39, 0.29) is 29.5 Å². The fourth-order valence-corrected chi connectivity index (χ4v) is 6.08. The first-order chi connectivity index (χ1) is 22.8. The number of rotatable bonds is 34. The van der Waals surface area contributed by atoms with Crippen LogP contribution >= 0.6 is 0 Å². The van der Waals surface area contributed by atoms with E-state index < -0.39 is 17.9 Å². The number of carboxylic acids is 3. The van der Waals surface area contributed by atoms with Gasteiger partial charge in [-0.2, -0.15) is 0 Å². The van der Waals surface area contributed by atoms with Gasteiger partial charge < -0.3 is 24.9 Å². The van der Waals surface area contributed by atoms with E-state index in [1.165, 1.54) is 218 Å². The third kappa shape index (κ3) is 64.4. The summed E-state index contributed by atoms with van der Waals surface area (Å²) in [4.78, 5) is 29.2. The second kappa shape index (κ2) is 51.3. The van der Waals surface area contributed by atoms with Crippen LogP contribution in [0.1, 0.15) is 219 Å². The van der Waals surface area contributed by atoms with Crippen molar-refractivity contribution in [2.75, 3.05) is 0 Å². The standard InChI is InChI=1S/C18H36O2.C18H37.C4H4O4.Mg.Na/c1-2-3-4-5-6-7-8-9-10-11-12-13-14-15-16-17-18(19)20;1-3-5-7-9-11-13-15-17-18-16-14-12-10-8-6-4-2;5-3(6)1-2-4(7)8;;/h2-17H2,1H3,(H,19,20);1,3-18H2,2H3;1-2H,(H,5,6)(H,7,8);;/q;;;+2;/p-2/b;;2-1+;;. The second-order valence-electron chi connectivity index (χ2n) is 13.4. The molecule has 0 unspecified atom stereocenters. The molecule has 0 heterocycles. The molecule has 0 aliphatic rings. The van der Waals surface area contributed by atoms with Crippen LogP contribution in [0, 0.1) is 0 Å². The Bertz CT molecular complexity index is 642. The molecule has 0 rings (SSSR count). The van der Waals surface area contributed by atoms with Crippen molar-refractivity contribution in [2.45, 2.75) is 223 Å². The molecule has 0 saturated carbocycles. The van der Waals surface area contributed by atoms with Gasteiger partial charge in [0.25, 0.3) is 0 Å². The van der Waals surface area contributed by atoms with Crippen LogP contribution in [-0.2, 0) is 14.4 Å². The number of carbonyl (C=O) groups is 3. The minimum Gasteiger partial charge on any atom is -0.545 e. The van der Waals surface area contributed by atoms with Crippen molar-refractivity contribution in [3.05, 3.63) is 12.2 Å². The minimum atomic E-state index is -1.51. The Morgan fingerprint density at radius 3 is 0.896 bits per heavy atom. The zero-order valence-electron chi connectivity index (χ0n) is 32.2. The molecular formula is C40H75MgNaO6. The quantitative estimate of drug-likeness (QED) is 0.0406. The summed E-state index contributed by atoms with van der Waals surface area (Å²) in [7, 11) is 0. The van der Waals surface area contributed by atoms with Gasteiger partial charge in [-0.05, 0) is 18.9 Å². The van der Waals surface area contributed by atoms with Crippen molar-refractivity contribution >= 4 is 68.9 Å².